The van der Waals surface area contributed by atoms with Crippen molar-refractivity contribution in [3.05, 3.63) is 48.0 Å². The van der Waals surface area contributed by atoms with Crippen LogP contribution in [0, 0.1) is 0 Å². The van der Waals surface area contributed by atoms with Crippen LogP contribution in [0.25, 0.3) is 0 Å². The lowest BCUT2D eigenvalue weighted by molar-refractivity contribution is -0.116. The highest BCUT2D eigenvalue weighted by molar-refractivity contribution is 5.87. The van der Waals surface area contributed by atoms with Gasteiger partial charge in [-0.15, -0.1) is 0 Å². The molecular formula is C17H25NO. The molecule has 19 heavy (non-hydrogen) atoms. The average Bonchev–Trinajstić information content (AvgIpc) is 2.44. The topological polar surface area (TPSA) is 29.1 Å². The maximum absolute atomic E-state index is 11.5. The molecule has 0 unspecified atom stereocenters. The summed E-state index contributed by atoms with van der Waals surface area (Å²) < 4.78 is 0. The molecular weight excluding hydrogens is 234 g/mol. The first-order chi connectivity index (χ1) is 9.33. The molecule has 2 heteroatoms. The number of amides is 1. The van der Waals surface area contributed by atoms with E-state index in [4.69, 9.17) is 0 Å². The van der Waals surface area contributed by atoms with Crippen LogP contribution in [0.4, 0.5) is 0 Å². The van der Waals surface area contributed by atoms with Gasteiger partial charge in [-0.05, 0) is 30.9 Å². The predicted octanol–water partition coefficient (Wildman–Crippen LogP) is 3.87. The summed E-state index contributed by atoms with van der Waals surface area (Å²) in [5, 5.41) is 2.91. The lowest BCUT2D eigenvalue weighted by Gasteiger charge is -2.02. The molecule has 0 radical (unpaired) electrons. The molecule has 0 saturated heterocycles. The molecule has 1 aromatic carbocycles. The highest BCUT2D eigenvalue weighted by atomic mass is 16.1. The van der Waals surface area contributed by atoms with Gasteiger partial charge in [0.15, 0.2) is 0 Å². The molecule has 104 valence electrons. The number of nitrogens with one attached hydrogen (secondary N) is 1. The van der Waals surface area contributed by atoms with E-state index in [9.17, 15) is 4.79 Å². The second-order valence-corrected chi connectivity index (χ2v) is 4.78. The number of rotatable bonds is 9. The van der Waals surface area contributed by atoms with Crippen LogP contribution in [0.2, 0.25) is 0 Å². The Hall–Kier alpha value is -1.57. The van der Waals surface area contributed by atoms with Crippen molar-refractivity contribution in [1.29, 1.82) is 0 Å². The minimum atomic E-state index is 0.0198. The normalized spacial score (nSPS) is 10.8. The van der Waals surface area contributed by atoms with Crippen molar-refractivity contribution >= 4 is 5.91 Å². The number of carbonyl (C=O) groups is 1. The Morgan fingerprint density at radius 1 is 1.16 bits per heavy atom. The second-order valence-electron chi connectivity index (χ2n) is 4.78. The third-order valence-corrected chi connectivity index (χ3v) is 3.05. The Morgan fingerprint density at radius 2 is 1.95 bits per heavy atom. The van der Waals surface area contributed by atoms with Crippen molar-refractivity contribution in [1.82, 2.24) is 5.32 Å². The van der Waals surface area contributed by atoms with Crippen LogP contribution in [0.15, 0.2) is 42.5 Å². The number of allylic oxidation sites excluding steroid dienone is 1. The molecule has 0 aromatic heterocycles. The second kappa shape index (κ2) is 10.4. The minimum absolute atomic E-state index is 0.0198. The van der Waals surface area contributed by atoms with E-state index in [-0.39, 0.29) is 5.91 Å². The summed E-state index contributed by atoms with van der Waals surface area (Å²) in [7, 11) is 0. The molecule has 0 aliphatic carbocycles. The van der Waals surface area contributed by atoms with E-state index >= 15 is 0 Å². The number of carbonyl (C=O) groups excluding carboxylic acids is 1. The van der Waals surface area contributed by atoms with Gasteiger partial charge in [-0.2, -0.15) is 0 Å². The first-order valence-electron chi connectivity index (χ1n) is 7.31. The number of hydrogen-bond acceptors (Lipinski definition) is 1. The third-order valence-electron chi connectivity index (χ3n) is 3.05. The molecule has 0 spiro atoms. The zero-order valence-corrected chi connectivity index (χ0v) is 11.9. The lowest BCUT2D eigenvalue weighted by Crippen LogP contribution is -2.23. The van der Waals surface area contributed by atoms with Gasteiger partial charge in [0.25, 0.3) is 0 Å². The van der Waals surface area contributed by atoms with E-state index in [0.717, 1.165) is 12.8 Å². The molecule has 2 nitrogen and oxygen atoms in total. The number of hydrogen-bond donors (Lipinski definition) is 1. The largest absolute Gasteiger partial charge is 0.352 e. The fourth-order valence-corrected chi connectivity index (χ4v) is 1.91. The zero-order valence-electron chi connectivity index (χ0n) is 11.9. The van der Waals surface area contributed by atoms with Crippen molar-refractivity contribution in [3.63, 3.8) is 0 Å². The van der Waals surface area contributed by atoms with Crippen LogP contribution in [-0.4, -0.2) is 12.5 Å². The zero-order chi connectivity index (χ0) is 13.8. The van der Waals surface area contributed by atoms with Crippen LogP contribution in [-0.2, 0) is 11.2 Å². The fourth-order valence-electron chi connectivity index (χ4n) is 1.91. The molecule has 1 N–H and O–H groups in total. The monoisotopic (exact) mass is 259 g/mol. The Morgan fingerprint density at radius 3 is 2.68 bits per heavy atom. The average molecular weight is 259 g/mol. The van der Waals surface area contributed by atoms with Gasteiger partial charge in [-0.1, -0.05) is 62.6 Å². The van der Waals surface area contributed by atoms with E-state index in [1.807, 2.05) is 24.3 Å². The third kappa shape index (κ3) is 8.20. The summed E-state index contributed by atoms with van der Waals surface area (Å²) in [6.07, 6.45) is 10.5. The van der Waals surface area contributed by atoms with Crippen LogP contribution in [0.1, 0.15) is 44.6 Å². The summed E-state index contributed by atoms with van der Waals surface area (Å²) >= 11 is 0. The number of benzene rings is 1. The minimum Gasteiger partial charge on any atom is -0.352 e. The van der Waals surface area contributed by atoms with E-state index in [1.54, 1.807) is 6.08 Å². The first-order valence-corrected chi connectivity index (χ1v) is 7.31. The van der Waals surface area contributed by atoms with Crippen LogP contribution in [0.3, 0.4) is 0 Å². The molecule has 0 aliphatic heterocycles. The van der Waals surface area contributed by atoms with Gasteiger partial charge in [0.2, 0.25) is 5.91 Å². The fraction of sp³-hybridized carbons (Fsp3) is 0.471. The quantitative estimate of drug-likeness (QED) is 0.529. The summed E-state index contributed by atoms with van der Waals surface area (Å²) in [5.41, 5.74) is 1.26. The molecule has 0 heterocycles. The maximum atomic E-state index is 11.5. The Labute approximate surface area is 116 Å². The summed E-state index contributed by atoms with van der Waals surface area (Å²) in [6.45, 7) is 2.90. The highest BCUT2D eigenvalue weighted by Crippen LogP contribution is 2.02. The summed E-state index contributed by atoms with van der Waals surface area (Å²) in [4.78, 5) is 11.5. The van der Waals surface area contributed by atoms with E-state index in [1.165, 1.54) is 31.2 Å². The SMILES string of the molecule is CCCCCC/C=C/C(=O)NCCc1ccccc1. The van der Waals surface area contributed by atoms with Gasteiger partial charge >= 0.3 is 0 Å². The smallest absolute Gasteiger partial charge is 0.243 e. The van der Waals surface area contributed by atoms with Gasteiger partial charge in [0.1, 0.15) is 0 Å². The van der Waals surface area contributed by atoms with E-state index < -0.39 is 0 Å². The molecule has 0 fully saturated rings. The molecule has 0 aliphatic rings. The Bertz CT molecular complexity index is 370. The highest BCUT2D eigenvalue weighted by Gasteiger charge is 1.95. The molecule has 0 saturated carbocycles. The van der Waals surface area contributed by atoms with E-state index in [0.29, 0.717) is 6.54 Å². The van der Waals surface area contributed by atoms with Crippen molar-refractivity contribution in [2.24, 2.45) is 0 Å². The van der Waals surface area contributed by atoms with Crippen molar-refractivity contribution in [2.75, 3.05) is 6.54 Å². The Balaban J connectivity index is 2.06. The first kappa shape index (κ1) is 15.5. The molecule has 1 amide bonds. The molecule has 0 atom stereocenters. The summed E-state index contributed by atoms with van der Waals surface area (Å²) in [6, 6.07) is 10.2. The molecule has 0 bridgehead atoms. The lowest BCUT2D eigenvalue weighted by atomic mass is 10.1. The van der Waals surface area contributed by atoms with Gasteiger partial charge in [0, 0.05) is 6.54 Å². The van der Waals surface area contributed by atoms with Gasteiger partial charge in [-0.3, -0.25) is 4.79 Å². The maximum Gasteiger partial charge on any atom is 0.243 e. The van der Waals surface area contributed by atoms with Crippen molar-refractivity contribution in [3.8, 4) is 0 Å². The Kier molecular flexibility index (Phi) is 8.45. The van der Waals surface area contributed by atoms with Crippen LogP contribution in [0.5, 0.6) is 0 Å². The van der Waals surface area contributed by atoms with Crippen molar-refractivity contribution < 1.29 is 4.79 Å². The van der Waals surface area contributed by atoms with Crippen molar-refractivity contribution in [2.45, 2.75) is 45.4 Å². The van der Waals surface area contributed by atoms with Gasteiger partial charge < -0.3 is 5.32 Å². The van der Waals surface area contributed by atoms with Gasteiger partial charge in [-0.25, -0.2) is 0 Å². The number of unbranched alkanes of at least 4 members (excludes halogenated alkanes) is 4. The standard InChI is InChI=1S/C17H25NO/c1-2-3-4-5-6-10-13-17(19)18-15-14-16-11-8-7-9-12-16/h7-13H,2-6,14-15H2,1H3,(H,18,19)/b13-10+. The van der Waals surface area contributed by atoms with E-state index in [2.05, 4.69) is 24.4 Å². The van der Waals surface area contributed by atoms with Crippen LogP contribution >= 0.6 is 0 Å². The summed E-state index contributed by atoms with van der Waals surface area (Å²) in [5.74, 6) is 0.0198. The predicted molar refractivity (Wildman–Crippen MR) is 81.1 cm³/mol. The van der Waals surface area contributed by atoms with Crippen LogP contribution < -0.4 is 5.32 Å². The molecule has 1 aromatic rings. The molecule has 1 rings (SSSR count). The van der Waals surface area contributed by atoms with Gasteiger partial charge in [0.05, 0.1) is 0 Å².